The monoisotopic (exact) mass is 263 g/mol. The molecule has 2 rings (SSSR count). The van der Waals surface area contributed by atoms with Crippen molar-refractivity contribution in [2.24, 2.45) is 0 Å². The molecular formula is C15H21NOS. The number of hydrogen-bond acceptors (Lipinski definition) is 3. The maximum atomic E-state index is 5.49. The van der Waals surface area contributed by atoms with Gasteiger partial charge in [0.2, 0.25) is 0 Å². The summed E-state index contributed by atoms with van der Waals surface area (Å²) < 4.78 is 5.34. The standard InChI is InChI=1S/C15H21NOS/c1-13-4-6-14(7-5-13)15(18)3-2-8-16-9-11-17-12-10-16/h4-7H,2-3,8-12H2,1H3. The maximum Gasteiger partial charge on any atom is 0.0594 e. The third kappa shape index (κ3) is 4.16. The van der Waals surface area contributed by atoms with Crippen LogP contribution in [-0.4, -0.2) is 42.6 Å². The molecule has 2 nitrogen and oxygen atoms in total. The maximum absolute atomic E-state index is 5.49. The lowest BCUT2D eigenvalue weighted by molar-refractivity contribution is 0.0377. The van der Waals surface area contributed by atoms with Gasteiger partial charge >= 0.3 is 0 Å². The van der Waals surface area contributed by atoms with Gasteiger partial charge in [-0.3, -0.25) is 4.90 Å². The second-order valence-corrected chi connectivity index (χ2v) is 5.34. The first-order chi connectivity index (χ1) is 8.75. The molecule has 0 amide bonds. The van der Waals surface area contributed by atoms with Gasteiger partial charge in [0.15, 0.2) is 0 Å². The first kappa shape index (κ1) is 13.7. The lowest BCUT2D eigenvalue weighted by atomic mass is 10.1. The van der Waals surface area contributed by atoms with Crippen LogP contribution in [-0.2, 0) is 4.74 Å². The number of morpholine rings is 1. The number of aryl methyl sites for hydroxylation is 1. The molecule has 0 N–H and O–H groups in total. The Labute approximate surface area is 115 Å². The molecule has 1 aromatic rings. The zero-order chi connectivity index (χ0) is 12.8. The summed E-state index contributed by atoms with van der Waals surface area (Å²) in [6, 6.07) is 8.52. The van der Waals surface area contributed by atoms with E-state index < -0.39 is 0 Å². The molecule has 1 fully saturated rings. The van der Waals surface area contributed by atoms with E-state index in [0.29, 0.717) is 0 Å². The topological polar surface area (TPSA) is 12.5 Å². The normalized spacial score (nSPS) is 16.7. The van der Waals surface area contributed by atoms with Crippen LogP contribution in [0.4, 0.5) is 0 Å². The summed E-state index contributed by atoms with van der Waals surface area (Å²) in [6.07, 6.45) is 2.16. The highest BCUT2D eigenvalue weighted by Gasteiger charge is 2.10. The smallest absolute Gasteiger partial charge is 0.0594 e. The average molecular weight is 263 g/mol. The van der Waals surface area contributed by atoms with E-state index in [0.717, 1.165) is 50.6 Å². The van der Waals surface area contributed by atoms with Crippen molar-refractivity contribution in [3.8, 4) is 0 Å². The second-order valence-electron chi connectivity index (χ2n) is 4.85. The fourth-order valence-corrected chi connectivity index (χ4v) is 2.45. The van der Waals surface area contributed by atoms with E-state index in [1.165, 1.54) is 11.1 Å². The van der Waals surface area contributed by atoms with Crippen LogP contribution in [0.1, 0.15) is 24.0 Å². The molecule has 0 atom stereocenters. The third-order valence-electron chi connectivity index (χ3n) is 3.36. The number of hydrogen-bond donors (Lipinski definition) is 0. The highest BCUT2D eigenvalue weighted by atomic mass is 32.1. The van der Waals surface area contributed by atoms with Crippen molar-refractivity contribution in [2.45, 2.75) is 19.8 Å². The molecule has 98 valence electrons. The van der Waals surface area contributed by atoms with Gasteiger partial charge < -0.3 is 4.74 Å². The van der Waals surface area contributed by atoms with E-state index in [-0.39, 0.29) is 0 Å². The third-order valence-corrected chi connectivity index (χ3v) is 3.80. The van der Waals surface area contributed by atoms with Gasteiger partial charge in [-0.15, -0.1) is 0 Å². The van der Waals surface area contributed by atoms with E-state index in [9.17, 15) is 0 Å². The first-order valence-corrected chi connectivity index (χ1v) is 7.06. The lowest BCUT2D eigenvalue weighted by Crippen LogP contribution is -2.36. The van der Waals surface area contributed by atoms with Crippen LogP contribution in [0.15, 0.2) is 24.3 Å². The Bertz CT molecular complexity index is 382. The number of nitrogens with zero attached hydrogens (tertiary/aromatic N) is 1. The summed E-state index contributed by atoms with van der Waals surface area (Å²) in [5, 5.41) is 0. The van der Waals surface area contributed by atoms with E-state index in [1.807, 2.05) is 0 Å². The minimum Gasteiger partial charge on any atom is -0.379 e. The molecule has 0 aromatic heterocycles. The predicted octanol–water partition coefficient (Wildman–Crippen LogP) is 2.83. The van der Waals surface area contributed by atoms with Gasteiger partial charge in [-0.25, -0.2) is 0 Å². The number of ether oxygens (including phenoxy) is 1. The molecular weight excluding hydrogens is 242 g/mol. The van der Waals surface area contributed by atoms with Crippen LogP contribution in [0.2, 0.25) is 0 Å². The second kappa shape index (κ2) is 6.98. The van der Waals surface area contributed by atoms with E-state index in [1.54, 1.807) is 0 Å². The van der Waals surface area contributed by atoms with Gasteiger partial charge in [0.05, 0.1) is 13.2 Å². The van der Waals surface area contributed by atoms with Crippen LogP contribution in [0.25, 0.3) is 0 Å². The van der Waals surface area contributed by atoms with Crippen molar-refractivity contribution in [3.63, 3.8) is 0 Å². The summed E-state index contributed by atoms with van der Waals surface area (Å²) in [5.41, 5.74) is 2.49. The van der Waals surface area contributed by atoms with Gasteiger partial charge in [-0.2, -0.15) is 0 Å². The Kier molecular flexibility index (Phi) is 5.29. The van der Waals surface area contributed by atoms with Crippen molar-refractivity contribution >= 4 is 17.1 Å². The zero-order valence-corrected chi connectivity index (χ0v) is 11.8. The summed E-state index contributed by atoms with van der Waals surface area (Å²) >= 11 is 5.49. The fourth-order valence-electron chi connectivity index (χ4n) is 2.17. The highest BCUT2D eigenvalue weighted by molar-refractivity contribution is 7.80. The molecule has 1 heterocycles. The van der Waals surface area contributed by atoms with Gasteiger partial charge in [0.25, 0.3) is 0 Å². The predicted molar refractivity (Wildman–Crippen MR) is 79.4 cm³/mol. The quantitative estimate of drug-likeness (QED) is 0.599. The number of thiocarbonyl (C=S) groups is 1. The van der Waals surface area contributed by atoms with E-state index in [4.69, 9.17) is 17.0 Å². The van der Waals surface area contributed by atoms with E-state index in [2.05, 4.69) is 36.1 Å². The SMILES string of the molecule is Cc1ccc(C(=S)CCCN2CCOCC2)cc1. The van der Waals surface area contributed by atoms with Crippen LogP contribution in [0.5, 0.6) is 0 Å². The van der Waals surface area contributed by atoms with Gasteiger partial charge in [-0.1, -0.05) is 42.0 Å². The van der Waals surface area contributed by atoms with Gasteiger partial charge in [0.1, 0.15) is 0 Å². The Balaban J connectivity index is 1.72. The Morgan fingerprint density at radius 2 is 1.89 bits per heavy atom. The van der Waals surface area contributed by atoms with Crippen molar-refractivity contribution in [1.29, 1.82) is 0 Å². The largest absolute Gasteiger partial charge is 0.379 e. The average Bonchev–Trinajstić information content (AvgIpc) is 2.40. The highest BCUT2D eigenvalue weighted by Crippen LogP contribution is 2.10. The molecule has 0 radical (unpaired) electrons. The molecule has 1 aromatic carbocycles. The van der Waals surface area contributed by atoms with Crippen LogP contribution >= 0.6 is 12.2 Å². The van der Waals surface area contributed by atoms with Crippen molar-refractivity contribution < 1.29 is 4.74 Å². The zero-order valence-electron chi connectivity index (χ0n) is 11.0. The number of benzene rings is 1. The Morgan fingerprint density at radius 3 is 2.56 bits per heavy atom. The summed E-state index contributed by atoms with van der Waals surface area (Å²) in [4.78, 5) is 3.55. The summed E-state index contributed by atoms with van der Waals surface area (Å²) in [5.74, 6) is 0. The molecule has 0 unspecified atom stereocenters. The van der Waals surface area contributed by atoms with Gasteiger partial charge in [0, 0.05) is 18.0 Å². The Hall–Kier alpha value is -0.770. The molecule has 18 heavy (non-hydrogen) atoms. The van der Waals surface area contributed by atoms with Crippen LogP contribution in [0.3, 0.4) is 0 Å². The number of rotatable bonds is 5. The molecule has 1 saturated heterocycles. The Morgan fingerprint density at radius 1 is 1.22 bits per heavy atom. The fraction of sp³-hybridized carbons (Fsp3) is 0.533. The lowest BCUT2D eigenvalue weighted by Gasteiger charge is -2.26. The first-order valence-electron chi connectivity index (χ1n) is 6.66. The van der Waals surface area contributed by atoms with Crippen molar-refractivity contribution in [3.05, 3.63) is 35.4 Å². The molecule has 3 heteroatoms. The van der Waals surface area contributed by atoms with Crippen molar-refractivity contribution in [1.82, 2.24) is 4.90 Å². The summed E-state index contributed by atoms with van der Waals surface area (Å²) in [7, 11) is 0. The summed E-state index contributed by atoms with van der Waals surface area (Å²) in [6.45, 7) is 7.13. The minimum atomic E-state index is 0.877. The molecule has 0 saturated carbocycles. The van der Waals surface area contributed by atoms with Crippen molar-refractivity contribution in [2.75, 3.05) is 32.8 Å². The molecule has 1 aliphatic rings. The van der Waals surface area contributed by atoms with Gasteiger partial charge in [-0.05, 0) is 31.9 Å². The van der Waals surface area contributed by atoms with Crippen LogP contribution in [0, 0.1) is 6.92 Å². The molecule has 1 aliphatic heterocycles. The minimum absolute atomic E-state index is 0.877. The van der Waals surface area contributed by atoms with E-state index >= 15 is 0 Å². The molecule has 0 bridgehead atoms. The molecule has 0 aliphatic carbocycles. The molecule has 0 spiro atoms. The van der Waals surface area contributed by atoms with Crippen LogP contribution < -0.4 is 0 Å².